The lowest BCUT2D eigenvalue weighted by molar-refractivity contribution is 0.0364. The molecule has 37 heavy (non-hydrogen) atoms. The van der Waals surface area contributed by atoms with Gasteiger partial charge in [-0.2, -0.15) is 0 Å². The Bertz CT molecular complexity index is 1140. The Hall–Kier alpha value is -3.42. The van der Waals surface area contributed by atoms with Crippen LogP contribution in [0.1, 0.15) is 50.0 Å². The summed E-state index contributed by atoms with van der Waals surface area (Å²) in [5.41, 5.74) is 4.90. The fourth-order valence-corrected chi connectivity index (χ4v) is 4.28. The predicted molar refractivity (Wildman–Crippen MR) is 149 cm³/mol. The largest absolute Gasteiger partial charge is 0.364 e. The molecule has 1 aromatic carbocycles. The summed E-state index contributed by atoms with van der Waals surface area (Å²) in [5, 5.41) is 3.36. The van der Waals surface area contributed by atoms with Crippen molar-refractivity contribution in [2.24, 2.45) is 5.41 Å². The zero-order chi connectivity index (χ0) is 27.2. The second-order valence-electron chi connectivity index (χ2n) is 10.7. The molecule has 1 fully saturated rings. The van der Waals surface area contributed by atoms with E-state index in [-0.39, 0.29) is 11.3 Å². The number of likely N-dealkylation sites (N-methyl/N-ethyl adjacent to an activating group) is 1. The maximum atomic E-state index is 12.5. The Balaban J connectivity index is 2.07. The van der Waals surface area contributed by atoms with Crippen LogP contribution in [0.5, 0.6) is 0 Å². The van der Waals surface area contributed by atoms with E-state index in [4.69, 9.17) is 21.4 Å². The van der Waals surface area contributed by atoms with Crippen molar-refractivity contribution in [3.05, 3.63) is 40.7 Å². The summed E-state index contributed by atoms with van der Waals surface area (Å²) in [6.45, 7) is 22.9. The molecule has 1 amide bonds. The molecule has 0 radical (unpaired) electrons. The Labute approximate surface area is 220 Å². The highest BCUT2D eigenvalue weighted by Crippen LogP contribution is 2.38. The molecule has 0 bridgehead atoms. The van der Waals surface area contributed by atoms with E-state index in [1.807, 2.05) is 24.9 Å². The van der Waals surface area contributed by atoms with Crippen LogP contribution in [0.4, 0.5) is 29.0 Å². The Morgan fingerprint density at radius 1 is 1.22 bits per heavy atom. The lowest BCUT2D eigenvalue weighted by atomic mass is 9.96. The highest BCUT2D eigenvalue weighted by atomic mass is 16.6. The van der Waals surface area contributed by atoms with Crippen LogP contribution < -0.4 is 20.6 Å². The van der Waals surface area contributed by atoms with E-state index in [0.29, 0.717) is 41.1 Å². The molecule has 0 spiro atoms. The first-order chi connectivity index (χ1) is 17.5. The first-order valence-electron chi connectivity index (χ1n) is 12.8. The van der Waals surface area contributed by atoms with Crippen molar-refractivity contribution in [3.63, 3.8) is 0 Å². The highest BCUT2D eigenvalue weighted by molar-refractivity contribution is 5.95. The molecule has 1 aromatic heterocycles. The van der Waals surface area contributed by atoms with Crippen molar-refractivity contribution in [2.45, 2.75) is 41.0 Å². The average Bonchev–Trinajstić information content (AvgIpc) is 3.06. The van der Waals surface area contributed by atoms with Crippen molar-refractivity contribution in [3.8, 4) is 0 Å². The number of hydrogen-bond donors (Lipinski definition) is 2. The first kappa shape index (κ1) is 28.2. The number of nitrogens with zero attached hydrogens (tertiary/aromatic N) is 6. The number of rotatable bonds is 8. The van der Waals surface area contributed by atoms with E-state index in [2.05, 4.69) is 53.3 Å². The SMILES string of the molecule is [C-]#[N+]c1c(Nc2cc(C(=O)NOCC)ccc2C)nc(N(C)CC(C)(C)C)nc1N1CCCN(C)CC1. The third-order valence-electron chi connectivity index (χ3n) is 6.10. The van der Waals surface area contributed by atoms with Crippen LogP contribution in [0.3, 0.4) is 0 Å². The van der Waals surface area contributed by atoms with E-state index < -0.39 is 0 Å². The molecule has 0 aliphatic carbocycles. The average molecular weight is 509 g/mol. The third kappa shape index (κ3) is 7.54. The van der Waals surface area contributed by atoms with Gasteiger partial charge in [0.05, 0.1) is 13.2 Å². The van der Waals surface area contributed by atoms with Gasteiger partial charge in [0.25, 0.3) is 11.6 Å². The van der Waals surface area contributed by atoms with Gasteiger partial charge in [-0.25, -0.2) is 20.3 Å². The number of hydrogen-bond acceptors (Lipinski definition) is 8. The van der Waals surface area contributed by atoms with Crippen LogP contribution in [0.2, 0.25) is 0 Å². The molecule has 0 unspecified atom stereocenters. The smallest absolute Gasteiger partial charge is 0.274 e. The van der Waals surface area contributed by atoms with Crippen molar-refractivity contribution in [1.82, 2.24) is 20.3 Å². The van der Waals surface area contributed by atoms with Crippen LogP contribution in [0.25, 0.3) is 4.85 Å². The normalized spacial score (nSPS) is 14.6. The molecule has 0 saturated carbocycles. The third-order valence-corrected chi connectivity index (χ3v) is 6.10. The number of amides is 1. The second kappa shape index (κ2) is 12.2. The van der Waals surface area contributed by atoms with Crippen molar-refractivity contribution in [1.29, 1.82) is 0 Å². The molecule has 2 heterocycles. The summed E-state index contributed by atoms with van der Waals surface area (Å²) in [6.07, 6.45) is 0.990. The molecule has 10 heteroatoms. The summed E-state index contributed by atoms with van der Waals surface area (Å²) in [7, 11) is 4.10. The predicted octanol–water partition coefficient (Wildman–Crippen LogP) is 4.38. The van der Waals surface area contributed by atoms with Gasteiger partial charge in [-0.05, 0) is 57.0 Å². The summed E-state index contributed by atoms with van der Waals surface area (Å²) >= 11 is 0. The zero-order valence-electron chi connectivity index (χ0n) is 23.2. The number of hydroxylamine groups is 1. The van der Waals surface area contributed by atoms with Crippen molar-refractivity contribution < 1.29 is 9.63 Å². The molecule has 1 aliphatic rings. The van der Waals surface area contributed by atoms with E-state index in [9.17, 15) is 4.79 Å². The maximum absolute atomic E-state index is 12.5. The van der Waals surface area contributed by atoms with Gasteiger partial charge in [0.15, 0.2) is 0 Å². The minimum absolute atomic E-state index is 0.0362. The minimum Gasteiger partial charge on any atom is -0.364 e. The number of carbonyl (C=O) groups excluding carboxylic acids is 1. The second-order valence-corrected chi connectivity index (χ2v) is 10.7. The molecule has 2 aromatic rings. The van der Waals surface area contributed by atoms with E-state index in [0.717, 1.165) is 44.7 Å². The highest BCUT2D eigenvalue weighted by Gasteiger charge is 2.25. The molecule has 2 N–H and O–H groups in total. The van der Waals surface area contributed by atoms with E-state index in [1.54, 1.807) is 19.1 Å². The van der Waals surface area contributed by atoms with Gasteiger partial charge in [0.1, 0.15) is 11.6 Å². The fourth-order valence-electron chi connectivity index (χ4n) is 4.28. The van der Waals surface area contributed by atoms with E-state index in [1.165, 1.54) is 0 Å². The zero-order valence-corrected chi connectivity index (χ0v) is 23.2. The van der Waals surface area contributed by atoms with Gasteiger partial charge >= 0.3 is 0 Å². The standard InChI is InChI=1S/C27H40N8O2/c1-9-37-32-25(36)20-12-11-19(2)21(17-20)29-23-22(28-6)24(35-14-10-13-33(7)15-16-35)31-26(30-23)34(8)18-27(3,4)5/h11-12,17H,9-10,13-16,18H2,1-5,7-8H3,(H,32,36)(H,29,30,31). The first-order valence-corrected chi connectivity index (χ1v) is 12.8. The molecule has 1 saturated heterocycles. The minimum atomic E-state index is -0.335. The number of aryl methyl sites for hydroxylation is 1. The molecule has 3 rings (SSSR count). The number of carbonyl (C=O) groups is 1. The lowest BCUT2D eigenvalue weighted by Gasteiger charge is -2.29. The van der Waals surface area contributed by atoms with E-state index >= 15 is 0 Å². The molecular weight excluding hydrogens is 468 g/mol. The van der Waals surface area contributed by atoms with Crippen LogP contribution in [-0.4, -0.2) is 74.2 Å². The molecule has 10 nitrogen and oxygen atoms in total. The van der Waals surface area contributed by atoms with Crippen LogP contribution >= 0.6 is 0 Å². The molecule has 0 atom stereocenters. The maximum Gasteiger partial charge on any atom is 0.274 e. The van der Waals surface area contributed by atoms with Crippen LogP contribution in [0, 0.1) is 18.9 Å². The Kier molecular flexibility index (Phi) is 9.29. The summed E-state index contributed by atoms with van der Waals surface area (Å²) in [4.78, 5) is 37.7. The lowest BCUT2D eigenvalue weighted by Crippen LogP contribution is -2.33. The van der Waals surface area contributed by atoms with Gasteiger partial charge in [0, 0.05) is 44.5 Å². The van der Waals surface area contributed by atoms with Crippen molar-refractivity contribution in [2.75, 3.05) is 68.5 Å². The van der Waals surface area contributed by atoms with Gasteiger partial charge in [-0.15, -0.1) is 0 Å². The summed E-state index contributed by atoms with van der Waals surface area (Å²) < 4.78 is 0. The van der Waals surface area contributed by atoms with Crippen LogP contribution in [-0.2, 0) is 4.84 Å². The topological polar surface area (TPSA) is 90.2 Å². The number of benzene rings is 1. The quantitative estimate of drug-likeness (QED) is 0.401. The molecular formula is C27H40N8O2. The van der Waals surface area contributed by atoms with Crippen LogP contribution in [0.15, 0.2) is 18.2 Å². The fraction of sp³-hybridized carbons (Fsp3) is 0.556. The van der Waals surface area contributed by atoms with Gasteiger partial charge < -0.3 is 20.0 Å². The molecule has 200 valence electrons. The summed E-state index contributed by atoms with van der Waals surface area (Å²) in [5.74, 6) is 1.29. The summed E-state index contributed by atoms with van der Waals surface area (Å²) in [6, 6.07) is 5.35. The van der Waals surface area contributed by atoms with Crippen molar-refractivity contribution >= 4 is 34.9 Å². The molecule has 1 aliphatic heterocycles. The Morgan fingerprint density at radius 2 is 1.97 bits per heavy atom. The Morgan fingerprint density at radius 3 is 2.65 bits per heavy atom. The van der Waals surface area contributed by atoms with Gasteiger partial charge in [-0.3, -0.25) is 9.63 Å². The number of nitrogens with one attached hydrogen (secondary N) is 2. The number of anilines is 4. The monoisotopic (exact) mass is 508 g/mol. The van der Waals surface area contributed by atoms with Gasteiger partial charge in [0.2, 0.25) is 5.95 Å². The van der Waals surface area contributed by atoms with Gasteiger partial charge in [-0.1, -0.05) is 26.8 Å². The number of aromatic nitrogens is 2.